The third kappa shape index (κ3) is 3.34. The van der Waals surface area contributed by atoms with E-state index in [2.05, 4.69) is 52.6 Å². The number of benzene rings is 1. The molecular formula is C24H27ClN2S. The molecule has 2 saturated heterocycles. The molecular weight excluding hydrogens is 384 g/mol. The van der Waals surface area contributed by atoms with E-state index < -0.39 is 0 Å². The molecule has 1 aromatic carbocycles. The normalized spacial score (nSPS) is 20.5. The molecule has 5 rings (SSSR count). The molecule has 0 bridgehead atoms. The molecule has 4 heteroatoms. The second-order valence-corrected chi connectivity index (χ2v) is 9.61. The second kappa shape index (κ2) is 7.70. The van der Waals surface area contributed by atoms with E-state index in [1.165, 1.54) is 52.1 Å². The Labute approximate surface area is 177 Å². The van der Waals surface area contributed by atoms with Crippen molar-refractivity contribution in [2.75, 3.05) is 33.2 Å². The van der Waals surface area contributed by atoms with Gasteiger partial charge in [0.25, 0.3) is 0 Å². The van der Waals surface area contributed by atoms with Crippen LogP contribution in [0.1, 0.15) is 53.7 Å². The molecule has 3 heterocycles. The highest BCUT2D eigenvalue weighted by Gasteiger charge is 2.27. The molecule has 0 N–H and O–H groups in total. The third-order valence-electron chi connectivity index (χ3n) is 6.38. The van der Waals surface area contributed by atoms with Crippen molar-refractivity contribution < 1.29 is 0 Å². The van der Waals surface area contributed by atoms with Crippen molar-refractivity contribution in [2.45, 2.75) is 32.1 Å². The van der Waals surface area contributed by atoms with Gasteiger partial charge in [0.15, 0.2) is 0 Å². The molecule has 0 spiro atoms. The van der Waals surface area contributed by atoms with Crippen LogP contribution in [0, 0.1) is 0 Å². The Morgan fingerprint density at radius 2 is 1.71 bits per heavy atom. The van der Waals surface area contributed by atoms with Crippen LogP contribution >= 0.6 is 22.9 Å². The van der Waals surface area contributed by atoms with Crippen molar-refractivity contribution in [1.29, 1.82) is 0 Å². The summed E-state index contributed by atoms with van der Waals surface area (Å²) in [4.78, 5) is 6.48. The Kier molecular flexibility index (Phi) is 5.08. The smallest absolute Gasteiger partial charge is 0.0582 e. The molecule has 1 aromatic heterocycles. The number of nitrogens with zero attached hydrogens (tertiary/aromatic N) is 2. The van der Waals surface area contributed by atoms with Gasteiger partial charge in [0, 0.05) is 36.8 Å². The maximum absolute atomic E-state index is 6.44. The topological polar surface area (TPSA) is 6.48 Å². The first kappa shape index (κ1) is 18.5. The lowest BCUT2D eigenvalue weighted by atomic mass is 9.87. The SMILES string of the molecule is CN1CCC(=C2c3ccc(Cl)cc3C=C(N3CCCCC3)c3sccc32)CC1. The van der Waals surface area contributed by atoms with Gasteiger partial charge in [0.2, 0.25) is 0 Å². The van der Waals surface area contributed by atoms with E-state index in [0.717, 1.165) is 44.0 Å². The molecule has 1 aliphatic carbocycles. The number of likely N-dealkylation sites (tertiary alicyclic amines) is 2. The summed E-state index contributed by atoms with van der Waals surface area (Å²) in [5, 5.41) is 3.10. The van der Waals surface area contributed by atoms with E-state index in [1.807, 2.05) is 11.3 Å². The minimum absolute atomic E-state index is 0.825. The summed E-state index contributed by atoms with van der Waals surface area (Å²) >= 11 is 8.33. The van der Waals surface area contributed by atoms with Crippen LogP contribution in [0.3, 0.4) is 0 Å². The average molecular weight is 411 g/mol. The van der Waals surface area contributed by atoms with Gasteiger partial charge in [-0.1, -0.05) is 23.2 Å². The first-order valence-corrected chi connectivity index (χ1v) is 11.7. The predicted octanol–water partition coefficient (Wildman–Crippen LogP) is 6.23. The van der Waals surface area contributed by atoms with Gasteiger partial charge >= 0.3 is 0 Å². The van der Waals surface area contributed by atoms with Gasteiger partial charge in [0.1, 0.15) is 0 Å². The molecule has 146 valence electrons. The number of piperidine rings is 2. The van der Waals surface area contributed by atoms with E-state index in [9.17, 15) is 0 Å². The zero-order chi connectivity index (χ0) is 19.1. The molecule has 2 nitrogen and oxygen atoms in total. The highest BCUT2D eigenvalue weighted by atomic mass is 35.5. The van der Waals surface area contributed by atoms with E-state index in [1.54, 1.807) is 5.57 Å². The van der Waals surface area contributed by atoms with Gasteiger partial charge in [-0.25, -0.2) is 0 Å². The lowest BCUT2D eigenvalue weighted by Crippen LogP contribution is -2.28. The minimum Gasteiger partial charge on any atom is -0.370 e. The number of rotatable bonds is 1. The summed E-state index contributed by atoms with van der Waals surface area (Å²) in [7, 11) is 2.23. The first-order valence-electron chi connectivity index (χ1n) is 10.5. The maximum atomic E-state index is 6.44. The molecule has 2 aromatic rings. The molecule has 3 aliphatic rings. The van der Waals surface area contributed by atoms with Crippen LogP contribution in [-0.2, 0) is 0 Å². The largest absolute Gasteiger partial charge is 0.370 e. The van der Waals surface area contributed by atoms with Crippen LogP contribution in [0.25, 0.3) is 17.3 Å². The lowest BCUT2D eigenvalue weighted by Gasteiger charge is -2.31. The van der Waals surface area contributed by atoms with Gasteiger partial charge in [-0.15, -0.1) is 11.3 Å². The summed E-state index contributed by atoms with van der Waals surface area (Å²) < 4.78 is 0. The fourth-order valence-electron chi connectivity index (χ4n) is 4.83. The van der Waals surface area contributed by atoms with Gasteiger partial charge in [0.05, 0.1) is 10.6 Å². The molecule has 0 unspecified atom stereocenters. The summed E-state index contributed by atoms with van der Waals surface area (Å²) in [6.07, 6.45) is 8.66. The standard InChI is InChI=1S/C24H27ClN2S/c1-26-12-7-17(8-13-26)23-20-6-5-19(25)15-18(20)16-22(24-21(23)9-14-28-24)27-10-3-2-4-11-27/h5-6,9,14-16H,2-4,7-8,10-13H2,1H3. The number of thiophene rings is 1. The zero-order valence-corrected chi connectivity index (χ0v) is 18.1. The second-order valence-electron chi connectivity index (χ2n) is 8.25. The first-order chi connectivity index (χ1) is 13.7. The van der Waals surface area contributed by atoms with Gasteiger partial charge in [-0.2, -0.15) is 0 Å². The minimum atomic E-state index is 0.825. The van der Waals surface area contributed by atoms with Gasteiger partial charge in [-0.05, 0) is 85.5 Å². The monoisotopic (exact) mass is 410 g/mol. The van der Waals surface area contributed by atoms with Crippen LogP contribution in [0.4, 0.5) is 0 Å². The molecule has 2 aliphatic heterocycles. The Balaban J connectivity index is 1.71. The van der Waals surface area contributed by atoms with Gasteiger partial charge in [-0.3, -0.25) is 0 Å². The third-order valence-corrected chi connectivity index (χ3v) is 7.56. The Morgan fingerprint density at radius 3 is 2.50 bits per heavy atom. The van der Waals surface area contributed by atoms with Gasteiger partial charge < -0.3 is 9.80 Å². The summed E-state index contributed by atoms with van der Waals surface area (Å²) in [5.74, 6) is 0. The number of fused-ring (bicyclic) bond motifs is 2. The molecule has 28 heavy (non-hydrogen) atoms. The predicted molar refractivity (Wildman–Crippen MR) is 122 cm³/mol. The van der Waals surface area contributed by atoms with Crippen LogP contribution in [-0.4, -0.2) is 43.0 Å². The highest BCUT2D eigenvalue weighted by Crippen LogP contribution is 2.45. The molecule has 0 atom stereocenters. The van der Waals surface area contributed by atoms with E-state index in [4.69, 9.17) is 11.6 Å². The van der Waals surface area contributed by atoms with Crippen molar-refractivity contribution in [3.8, 4) is 0 Å². The number of halogens is 1. The van der Waals surface area contributed by atoms with Crippen molar-refractivity contribution in [3.63, 3.8) is 0 Å². The molecule has 0 amide bonds. The van der Waals surface area contributed by atoms with E-state index in [-0.39, 0.29) is 0 Å². The maximum Gasteiger partial charge on any atom is 0.0582 e. The Morgan fingerprint density at radius 1 is 0.929 bits per heavy atom. The van der Waals surface area contributed by atoms with Crippen molar-refractivity contribution in [3.05, 3.63) is 61.8 Å². The lowest BCUT2D eigenvalue weighted by molar-refractivity contribution is 0.313. The fourth-order valence-corrected chi connectivity index (χ4v) is 5.96. The Bertz CT molecular complexity index is 939. The van der Waals surface area contributed by atoms with Crippen LogP contribution in [0.15, 0.2) is 35.2 Å². The quantitative estimate of drug-likeness (QED) is 0.550. The fraction of sp³-hybridized carbons (Fsp3) is 0.417. The summed E-state index contributed by atoms with van der Waals surface area (Å²) in [5.41, 5.74) is 8.54. The average Bonchev–Trinajstić information content (AvgIpc) is 3.14. The van der Waals surface area contributed by atoms with Crippen LogP contribution in [0.2, 0.25) is 5.02 Å². The molecule has 2 fully saturated rings. The molecule has 0 saturated carbocycles. The number of hydrogen-bond donors (Lipinski definition) is 0. The van der Waals surface area contributed by atoms with Crippen molar-refractivity contribution in [2.24, 2.45) is 0 Å². The van der Waals surface area contributed by atoms with Crippen LogP contribution in [0.5, 0.6) is 0 Å². The van der Waals surface area contributed by atoms with E-state index >= 15 is 0 Å². The molecule has 0 radical (unpaired) electrons. The summed E-state index contributed by atoms with van der Waals surface area (Å²) in [6, 6.07) is 8.81. The summed E-state index contributed by atoms with van der Waals surface area (Å²) in [6.45, 7) is 4.62. The zero-order valence-electron chi connectivity index (χ0n) is 16.5. The Hall–Kier alpha value is -1.55. The highest BCUT2D eigenvalue weighted by molar-refractivity contribution is 7.11. The van der Waals surface area contributed by atoms with Crippen LogP contribution < -0.4 is 0 Å². The van der Waals surface area contributed by atoms with E-state index in [0.29, 0.717) is 0 Å². The van der Waals surface area contributed by atoms with Crippen molar-refractivity contribution in [1.82, 2.24) is 9.80 Å². The van der Waals surface area contributed by atoms with Crippen molar-refractivity contribution >= 4 is 40.3 Å². The number of hydrogen-bond acceptors (Lipinski definition) is 3.